The molecule has 0 spiro atoms. The van der Waals surface area contributed by atoms with Crippen LogP contribution in [0.25, 0.3) is 0 Å². The van der Waals surface area contributed by atoms with Crippen molar-refractivity contribution < 1.29 is 9.53 Å². The minimum absolute atomic E-state index is 0.218. The number of nitrogens with zero attached hydrogens (tertiary/aromatic N) is 1. The number of hydrogen-bond donors (Lipinski definition) is 0. The Hall–Kier alpha value is -1.25. The number of carbonyl (C=O) groups excluding carboxylic acids is 1. The number of methoxy groups -OCH3 is 1. The molecule has 0 N–H and O–H groups in total. The molecule has 0 aliphatic rings. The van der Waals surface area contributed by atoms with E-state index in [1.807, 2.05) is 31.4 Å². The van der Waals surface area contributed by atoms with Crippen molar-refractivity contribution in [2.45, 2.75) is 17.9 Å². The molecule has 0 radical (unpaired) electrons. The van der Waals surface area contributed by atoms with Crippen molar-refractivity contribution in [3.05, 3.63) is 23.8 Å². The summed E-state index contributed by atoms with van der Waals surface area (Å²) in [5.74, 6) is 0.788. The van der Waals surface area contributed by atoms with E-state index in [1.54, 1.807) is 25.0 Å². The van der Waals surface area contributed by atoms with Crippen LogP contribution in [0.15, 0.2) is 28.1 Å². The van der Waals surface area contributed by atoms with Crippen LogP contribution in [0.4, 0.5) is 0 Å². The van der Waals surface area contributed by atoms with Gasteiger partial charge in [-0.05, 0) is 19.2 Å². The van der Waals surface area contributed by atoms with Gasteiger partial charge >= 0.3 is 0 Å². The number of isocyanates is 1. The van der Waals surface area contributed by atoms with Gasteiger partial charge in [0.05, 0.1) is 13.2 Å². The Balaban J connectivity index is 3.21. The van der Waals surface area contributed by atoms with E-state index in [-0.39, 0.29) is 6.04 Å². The summed E-state index contributed by atoms with van der Waals surface area (Å²) in [5, 5.41) is 0. The Bertz CT molecular complexity index is 386. The lowest BCUT2D eigenvalue weighted by Gasteiger charge is -2.13. The lowest BCUT2D eigenvalue weighted by Crippen LogP contribution is -1.96. The molecular formula is C11H13NO2S. The van der Waals surface area contributed by atoms with Crippen molar-refractivity contribution in [1.82, 2.24) is 0 Å². The molecule has 0 aromatic heterocycles. The predicted molar refractivity (Wildman–Crippen MR) is 61.3 cm³/mol. The van der Waals surface area contributed by atoms with E-state index < -0.39 is 0 Å². The van der Waals surface area contributed by atoms with Gasteiger partial charge in [0.2, 0.25) is 6.08 Å². The van der Waals surface area contributed by atoms with Crippen LogP contribution in [0.3, 0.4) is 0 Å². The number of hydrogen-bond acceptors (Lipinski definition) is 4. The Kier molecular flexibility index (Phi) is 4.40. The summed E-state index contributed by atoms with van der Waals surface area (Å²) in [6.45, 7) is 1.84. The van der Waals surface area contributed by atoms with Gasteiger partial charge in [0.15, 0.2) is 0 Å². The lowest BCUT2D eigenvalue weighted by molar-refractivity contribution is 0.397. The average molecular weight is 223 g/mol. The zero-order valence-electron chi connectivity index (χ0n) is 8.98. The highest BCUT2D eigenvalue weighted by atomic mass is 32.2. The highest BCUT2D eigenvalue weighted by Crippen LogP contribution is 2.35. The van der Waals surface area contributed by atoms with Gasteiger partial charge in [-0.1, -0.05) is 12.1 Å². The van der Waals surface area contributed by atoms with Gasteiger partial charge in [0.25, 0.3) is 0 Å². The summed E-state index contributed by atoms with van der Waals surface area (Å²) in [6, 6.07) is 5.60. The molecule has 0 bridgehead atoms. The fraction of sp³-hybridized carbons (Fsp3) is 0.364. The van der Waals surface area contributed by atoms with Crippen molar-refractivity contribution in [2.75, 3.05) is 13.4 Å². The molecule has 0 saturated heterocycles. The molecule has 0 saturated carbocycles. The van der Waals surface area contributed by atoms with Crippen LogP contribution in [-0.4, -0.2) is 19.4 Å². The lowest BCUT2D eigenvalue weighted by atomic mass is 10.1. The van der Waals surface area contributed by atoms with E-state index in [9.17, 15) is 4.79 Å². The second kappa shape index (κ2) is 5.59. The number of para-hydroxylation sites is 1. The molecule has 0 aliphatic heterocycles. The molecule has 1 unspecified atom stereocenters. The summed E-state index contributed by atoms with van der Waals surface area (Å²) in [4.78, 5) is 14.9. The minimum Gasteiger partial charge on any atom is -0.495 e. The van der Waals surface area contributed by atoms with Crippen LogP contribution in [0.5, 0.6) is 5.75 Å². The number of ether oxygens (including phenoxy) is 1. The van der Waals surface area contributed by atoms with Gasteiger partial charge in [0, 0.05) is 10.5 Å². The summed E-state index contributed by atoms with van der Waals surface area (Å²) in [6.07, 6.45) is 3.55. The second-order valence-corrected chi connectivity index (χ2v) is 3.83. The second-order valence-electron chi connectivity index (χ2n) is 2.98. The Morgan fingerprint density at radius 3 is 2.80 bits per heavy atom. The summed E-state index contributed by atoms with van der Waals surface area (Å²) in [7, 11) is 1.62. The van der Waals surface area contributed by atoms with Crippen molar-refractivity contribution >= 4 is 17.8 Å². The number of benzene rings is 1. The molecule has 3 nitrogen and oxygen atoms in total. The maximum atomic E-state index is 10.2. The van der Waals surface area contributed by atoms with Crippen molar-refractivity contribution in [3.63, 3.8) is 0 Å². The van der Waals surface area contributed by atoms with Gasteiger partial charge in [-0.25, -0.2) is 4.79 Å². The first-order valence-electron chi connectivity index (χ1n) is 4.52. The Morgan fingerprint density at radius 1 is 1.53 bits per heavy atom. The van der Waals surface area contributed by atoms with E-state index in [1.165, 1.54) is 0 Å². The first-order chi connectivity index (χ1) is 7.24. The maximum absolute atomic E-state index is 10.2. The fourth-order valence-corrected chi connectivity index (χ4v) is 1.99. The third kappa shape index (κ3) is 2.61. The van der Waals surface area contributed by atoms with Gasteiger partial charge in [-0.15, -0.1) is 11.8 Å². The van der Waals surface area contributed by atoms with E-state index in [0.29, 0.717) is 0 Å². The molecule has 1 atom stereocenters. The van der Waals surface area contributed by atoms with Crippen LogP contribution in [0.2, 0.25) is 0 Å². The smallest absolute Gasteiger partial charge is 0.235 e. The van der Waals surface area contributed by atoms with Crippen LogP contribution >= 0.6 is 11.8 Å². The minimum atomic E-state index is -0.218. The highest BCUT2D eigenvalue weighted by Gasteiger charge is 2.13. The van der Waals surface area contributed by atoms with E-state index >= 15 is 0 Å². The molecule has 1 aromatic carbocycles. The Labute approximate surface area is 93.5 Å². The SMILES string of the molecule is COc1c(SC)cccc1C(C)N=C=O. The molecule has 1 rings (SSSR count). The summed E-state index contributed by atoms with van der Waals surface area (Å²) >= 11 is 1.60. The molecule has 80 valence electrons. The van der Waals surface area contributed by atoms with Gasteiger partial charge < -0.3 is 4.74 Å². The largest absolute Gasteiger partial charge is 0.495 e. The van der Waals surface area contributed by atoms with Gasteiger partial charge in [-0.3, -0.25) is 0 Å². The first kappa shape index (κ1) is 11.8. The number of rotatable bonds is 4. The van der Waals surface area contributed by atoms with Crippen molar-refractivity contribution in [3.8, 4) is 5.75 Å². The monoisotopic (exact) mass is 223 g/mol. The third-order valence-electron chi connectivity index (χ3n) is 2.13. The summed E-state index contributed by atoms with van der Waals surface area (Å²) < 4.78 is 5.32. The quantitative estimate of drug-likeness (QED) is 0.447. The molecular weight excluding hydrogens is 210 g/mol. The topological polar surface area (TPSA) is 38.7 Å². The maximum Gasteiger partial charge on any atom is 0.235 e. The van der Waals surface area contributed by atoms with E-state index in [4.69, 9.17) is 4.74 Å². The van der Waals surface area contributed by atoms with Gasteiger partial charge in [-0.2, -0.15) is 4.99 Å². The Morgan fingerprint density at radius 2 is 2.27 bits per heavy atom. The third-order valence-corrected chi connectivity index (χ3v) is 2.89. The molecule has 0 fully saturated rings. The molecule has 4 heteroatoms. The number of aliphatic imine (C=N–C) groups is 1. The molecule has 15 heavy (non-hydrogen) atoms. The van der Waals surface area contributed by atoms with Crippen molar-refractivity contribution in [1.29, 1.82) is 0 Å². The van der Waals surface area contributed by atoms with Crippen LogP contribution in [0.1, 0.15) is 18.5 Å². The highest BCUT2D eigenvalue weighted by molar-refractivity contribution is 7.98. The van der Waals surface area contributed by atoms with E-state index in [0.717, 1.165) is 16.2 Å². The fourth-order valence-electron chi connectivity index (χ4n) is 1.39. The van der Waals surface area contributed by atoms with Crippen molar-refractivity contribution in [2.24, 2.45) is 4.99 Å². The van der Waals surface area contributed by atoms with Crippen LogP contribution < -0.4 is 4.74 Å². The molecule has 0 heterocycles. The average Bonchev–Trinajstić information content (AvgIpc) is 2.28. The normalized spacial score (nSPS) is 11.7. The van der Waals surface area contributed by atoms with Crippen LogP contribution in [0, 0.1) is 0 Å². The molecule has 0 aliphatic carbocycles. The summed E-state index contributed by atoms with van der Waals surface area (Å²) in [5.41, 5.74) is 0.910. The number of thioether (sulfide) groups is 1. The standard InChI is InChI=1S/C11H13NO2S/c1-8(12-7-13)9-5-4-6-10(15-3)11(9)14-2/h4-6,8H,1-3H3. The zero-order chi connectivity index (χ0) is 11.3. The zero-order valence-corrected chi connectivity index (χ0v) is 9.80. The molecule has 0 amide bonds. The van der Waals surface area contributed by atoms with Gasteiger partial charge in [0.1, 0.15) is 5.75 Å². The predicted octanol–water partition coefficient (Wildman–Crippen LogP) is 2.81. The van der Waals surface area contributed by atoms with E-state index in [2.05, 4.69) is 4.99 Å². The van der Waals surface area contributed by atoms with Crippen LogP contribution in [-0.2, 0) is 4.79 Å². The first-order valence-corrected chi connectivity index (χ1v) is 5.75. The molecule has 1 aromatic rings.